The molecule has 0 saturated heterocycles. The van der Waals surface area contributed by atoms with E-state index >= 15 is 0 Å². The predicted molar refractivity (Wildman–Crippen MR) is 82.1 cm³/mol. The summed E-state index contributed by atoms with van der Waals surface area (Å²) < 4.78 is 2.22. The summed E-state index contributed by atoms with van der Waals surface area (Å²) in [6, 6.07) is 19.1. The number of nitrogens with zero attached hydrogens (tertiary/aromatic N) is 1. The highest BCUT2D eigenvalue weighted by Gasteiger charge is 2.03. The Kier molecular flexibility index (Phi) is 3.23. The molecule has 1 heterocycles. The quantitative estimate of drug-likeness (QED) is 0.723. The third-order valence-electron chi connectivity index (χ3n) is 3.30. The van der Waals surface area contributed by atoms with Crippen LogP contribution in [0.15, 0.2) is 60.8 Å². The molecule has 1 N–H and O–H groups in total. The summed E-state index contributed by atoms with van der Waals surface area (Å²) in [5.74, 6) is 0. The molecule has 0 saturated carbocycles. The van der Waals surface area contributed by atoms with Crippen LogP contribution in [0.4, 0.5) is 5.69 Å². The van der Waals surface area contributed by atoms with E-state index in [1.807, 2.05) is 6.07 Å². The SMILES string of the molecule is CCCNc1ccc2c(ccn2-c2ccccc2)c1. The molecule has 0 amide bonds. The van der Waals surface area contributed by atoms with E-state index in [4.69, 9.17) is 0 Å². The summed E-state index contributed by atoms with van der Waals surface area (Å²) >= 11 is 0. The first-order valence-corrected chi connectivity index (χ1v) is 6.79. The van der Waals surface area contributed by atoms with Crippen LogP contribution in [0.25, 0.3) is 16.6 Å². The van der Waals surface area contributed by atoms with Crippen molar-refractivity contribution in [3.8, 4) is 5.69 Å². The largest absolute Gasteiger partial charge is 0.385 e. The van der Waals surface area contributed by atoms with Crippen molar-refractivity contribution in [2.24, 2.45) is 0 Å². The van der Waals surface area contributed by atoms with Gasteiger partial charge in [0.05, 0.1) is 5.52 Å². The minimum atomic E-state index is 1.02. The lowest BCUT2D eigenvalue weighted by Crippen LogP contribution is -1.99. The molecule has 1 aromatic heterocycles. The van der Waals surface area contributed by atoms with Crippen molar-refractivity contribution in [3.63, 3.8) is 0 Å². The average molecular weight is 250 g/mol. The summed E-state index contributed by atoms with van der Waals surface area (Å²) in [7, 11) is 0. The van der Waals surface area contributed by atoms with Gasteiger partial charge in [-0.3, -0.25) is 0 Å². The number of fused-ring (bicyclic) bond motifs is 1. The molecule has 3 aromatic rings. The summed E-state index contributed by atoms with van der Waals surface area (Å²) in [6.45, 7) is 3.20. The second-order valence-corrected chi connectivity index (χ2v) is 4.72. The number of para-hydroxylation sites is 1. The van der Waals surface area contributed by atoms with Crippen molar-refractivity contribution >= 4 is 16.6 Å². The van der Waals surface area contributed by atoms with E-state index in [9.17, 15) is 0 Å². The van der Waals surface area contributed by atoms with Gasteiger partial charge in [0.2, 0.25) is 0 Å². The Balaban J connectivity index is 2.00. The fourth-order valence-corrected chi connectivity index (χ4v) is 2.34. The van der Waals surface area contributed by atoms with E-state index in [0.29, 0.717) is 0 Å². The van der Waals surface area contributed by atoms with Crippen LogP contribution >= 0.6 is 0 Å². The second-order valence-electron chi connectivity index (χ2n) is 4.72. The molecule has 2 nitrogen and oxygen atoms in total. The maximum Gasteiger partial charge on any atom is 0.0529 e. The van der Waals surface area contributed by atoms with Gasteiger partial charge in [-0.05, 0) is 42.8 Å². The number of hydrogen-bond donors (Lipinski definition) is 1. The van der Waals surface area contributed by atoms with E-state index in [1.54, 1.807) is 0 Å². The van der Waals surface area contributed by atoms with Gasteiger partial charge in [0.15, 0.2) is 0 Å². The van der Waals surface area contributed by atoms with E-state index < -0.39 is 0 Å². The zero-order chi connectivity index (χ0) is 13.1. The van der Waals surface area contributed by atoms with Gasteiger partial charge >= 0.3 is 0 Å². The van der Waals surface area contributed by atoms with Crippen LogP contribution in [0.5, 0.6) is 0 Å². The molecule has 0 spiro atoms. The lowest BCUT2D eigenvalue weighted by molar-refractivity contribution is 0.980. The van der Waals surface area contributed by atoms with E-state index in [-0.39, 0.29) is 0 Å². The molecule has 0 atom stereocenters. The summed E-state index contributed by atoms with van der Waals surface area (Å²) in [5.41, 5.74) is 3.64. The summed E-state index contributed by atoms with van der Waals surface area (Å²) in [5, 5.41) is 4.69. The first-order valence-electron chi connectivity index (χ1n) is 6.79. The smallest absolute Gasteiger partial charge is 0.0529 e. The Morgan fingerprint density at radius 1 is 1.00 bits per heavy atom. The minimum Gasteiger partial charge on any atom is -0.385 e. The van der Waals surface area contributed by atoms with Crippen LogP contribution in [0.2, 0.25) is 0 Å². The summed E-state index contributed by atoms with van der Waals surface area (Å²) in [4.78, 5) is 0. The van der Waals surface area contributed by atoms with Crippen LogP contribution < -0.4 is 5.32 Å². The molecule has 19 heavy (non-hydrogen) atoms. The van der Waals surface area contributed by atoms with Crippen LogP contribution in [0.1, 0.15) is 13.3 Å². The van der Waals surface area contributed by atoms with Gasteiger partial charge in [-0.1, -0.05) is 25.1 Å². The van der Waals surface area contributed by atoms with Gasteiger partial charge in [0.25, 0.3) is 0 Å². The van der Waals surface area contributed by atoms with Crippen LogP contribution in [0.3, 0.4) is 0 Å². The highest BCUT2D eigenvalue weighted by molar-refractivity contribution is 5.85. The Morgan fingerprint density at radius 2 is 1.84 bits per heavy atom. The van der Waals surface area contributed by atoms with Gasteiger partial charge in [0, 0.05) is 29.5 Å². The molecule has 0 aliphatic carbocycles. The number of hydrogen-bond acceptors (Lipinski definition) is 1. The van der Waals surface area contributed by atoms with Gasteiger partial charge in [-0.15, -0.1) is 0 Å². The van der Waals surface area contributed by atoms with Crippen LogP contribution in [0, 0.1) is 0 Å². The average Bonchev–Trinajstić information content (AvgIpc) is 2.89. The molecule has 0 radical (unpaired) electrons. The monoisotopic (exact) mass is 250 g/mol. The molecule has 2 aromatic carbocycles. The van der Waals surface area contributed by atoms with Crippen molar-refractivity contribution in [1.82, 2.24) is 4.57 Å². The molecule has 0 fully saturated rings. The zero-order valence-electron chi connectivity index (χ0n) is 11.1. The molecule has 3 rings (SSSR count). The normalized spacial score (nSPS) is 10.8. The maximum absolute atomic E-state index is 3.43. The standard InChI is InChI=1S/C17H18N2/c1-2-11-18-15-8-9-17-14(13-15)10-12-19(17)16-6-4-3-5-7-16/h3-10,12-13,18H,2,11H2,1H3. The van der Waals surface area contributed by atoms with Gasteiger partial charge in [0.1, 0.15) is 0 Å². The highest BCUT2D eigenvalue weighted by atomic mass is 15.0. The molecule has 0 unspecified atom stereocenters. The molecule has 0 aliphatic rings. The number of rotatable bonds is 4. The zero-order valence-corrected chi connectivity index (χ0v) is 11.1. The maximum atomic E-state index is 3.43. The van der Waals surface area contributed by atoms with Crippen LogP contribution in [-0.4, -0.2) is 11.1 Å². The van der Waals surface area contributed by atoms with Gasteiger partial charge < -0.3 is 9.88 Å². The number of aromatic nitrogens is 1. The molecule has 2 heteroatoms. The van der Waals surface area contributed by atoms with E-state index in [0.717, 1.165) is 13.0 Å². The Labute approximate surface area is 113 Å². The van der Waals surface area contributed by atoms with Crippen molar-refractivity contribution in [3.05, 3.63) is 60.8 Å². The van der Waals surface area contributed by atoms with Crippen molar-refractivity contribution in [1.29, 1.82) is 0 Å². The Bertz CT molecular complexity index is 668. The lowest BCUT2D eigenvalue weighted by atomic mass is 10.2. The fourth-order valence-electron chi connectivity index (χ4n) is 2.34. The first-order chi connectivity index (χ1) is 9.38. The molecular weight excluding hydrogens is 232 g/mol. The summed E-state index contributed by atoms with van der Waals surface area (Å²) in [6.07, 6.45) is 3.27. The topological polar surface area (TPSA) is 17.0 Å². The second kappa shape index (κ2) is 5.19. The number of nitrogens with one attached hydrogen (secondary N) is 1. The van der Waals surface area contributed by atoms with Gasteiger partial charge in [-0.2, -0.15) is 0 Å². The Hall–Kier alpha value is -2.22. The van der Waals surface area contributed by atoms with Crippen molar-refractivity contribution in [2.75, 3.05) is 11.9 Å². The van der Waals surface area contributed by atoms with Crippen LogP contribution in [-0.2, 0) is 0 Å². The number of benzene rings is 2. The highest BCUT2D eigenvalue weighted by Crippen LogP contribution is 2.23. The van der Waals surface area contributed by atoms with E-state index in [1.165, 1.54) is 22.3 Å². The molecule has 0 bridgehead atoms. The van der Waals surface area contributed by atoms with Crippen molar-refractivity contribution in [2.45, 2.75) is 13.3 Å². The van der Waals surface area contributed by atoms with Crippen molar-refractivity contribution < 1.29 is 0 Å². The molecule has 0 aliphatic heterocycles. The molecular formula is C17H18N2. The van der Waals surface area contributed by atoms with Gasteiger partial charge in [-0.25, -0.2) is 0 Å². The third-order valence-corrected chi connectivity index (χ3v) is 3.30. The number of anilines is 1. The third kappa shape index (κ3) is 2.34. The minimum absolute atomic E-state index is 1.02. The molecule has 96 valence electrons. The fraction of sp³-hybridized carbons (Fsp3) is 0.176. The predicted octanol–water partition coefficient (Wildman–Crippen LogP) is 4.45. The van der Waals surface area contributed by atoms with E-state index in [2.05, 4.69) is 71.5 Å². The Morgan fingerprint density at radius 3 is 2.63 bits per heavy atom. The first kappa shape index (κ1) is 11.8. The lowest BCUT2D eigenvalue weighted by Gasteiger charge is -2.07.